The van der Waals surface area contributed by atoms with Gasteiger partial charge in [-0.3, -0.25) is 4.98 Å². The zero-order valence-corrected chi connectivity index (χ0v) is 13.0. The summed E-state index contributed by atoms with van der Waals surface area (Å²) in [7, 11) is 0. The molecular weight excluding hydrogens is 288 g/mol. The molecule has 5 heteroatoms. The highest BCUT2D eigenvalue weighted by Crippen LogP contribution is 2.40. The van der Waals surface area contributed by atoms with Crippen molar-refractivity contribution in [3.63, 3.8) is 0 Å². The normalized spacial score (nSPS) is 15.2. The number of anilines is 3. The van der Waals surface area contributed by atoms with Crippen LogP contribution in [-0.2, 0) is 0 Å². The summed E-state index contributed by atoms with van der Waals surface area (Å²) < 4.78 is 5.52. The summed E-state index contributed by atoms with van der Waals surface area (Å²) in [6.45, 7) is 2.17. The highest BCUT2D eigenvalue weighted by atomic mass is 16.3. The zero-order chi connectivity index (χ0) is 15.8. The van der Waals surface area contributed by atoms with Crippen molar-refractivity contribution in [3.05, 3.63) is 36.7 Å². The molecule has 0 saturated carbocycles. The van der Waals surface area contributed by atoms with Crippen LogP contribution in [0, 0.1) is 0 Å². The number of para-hydroxylation sites is 1. The first kappa shape index (κ1) is 13.9. The van der Waals surface area contributed by atoms with Crippen LogP contribution in [0.3, 0.4) is 0 Å². The molecule has 4 rings (SSSR count). The Bertz CT molecular complexity index is 849. The van der Waals surface area contributed by atoms with E-state index in [-0.39, 0.29) is 5.88 Å². The predicted molar refractivity (Wildman–Crippen MR) is 94.3 cm³/mol. The van der Waals surface area contributed by atoms with E-state index in [1.807, 2.05) is 12.3 Å². The topological polar surface area (TPSA) is 81.3 Å². The van der Waals surface area contributed by atoms with Gasteiger partial charge in [-0.1, -0.05) is 18.2 Å². The fraction of sp³-hybridized carbons (Fsp3) is 0.278. The summed E-state index contributed by atoms with van der Waals surface area (Å²) in [6.07, 6.45) is 7.28. The van der Waals surface area contributed by atoms with Gasteiger partial charge in [-0.2, -0.15) is 0 Å². The van der Waals surface area contributed by atoms with Gasteiger partial charge in [0.15, 0.2) is 5.58 Å². The van der Waals surface area contributed by atoms with Crippen molar-refractivity contribution in [2.75, 3.05) is 29.5 Å². The average Bonchev–Trinajstić information content (AvgIpc) is 2.90. The lowest BCUT2D eigenvalue weighted by Gasteiger charge is -2.30. The van der Waals surface area contributed by atoms with Crippen molar-refractivity contribution in [1.29, 1.82) is 0 Å². The van der Waals surface area contributed by atoms with Crippen molar-refractivity contribution in [3.8, 4) is 11.1 Å². The fourth-order valence-corrected chi connectivity index (χ4v) is 3.41. The van der Waals surface area contributed by atoms with Gasteiger partial charge in [0.1, 0.15) is 5.69 Å². The van der Waals surface area contributed by atoms with Crippen LogP contribution >= 0.6 is 0 Å². The summed E-state index contributed by atoms with van der Waals surface area (Å²) in [4.78, 5) is 6.75. The van der Waals surface area contributed by atoms with E-state index in [1.165, 1.54) is 24.9 Å². The van der Waals surface area contributed by atoms with E-state index in [9.17, 15) is 0 Å². The molecule has 23 heavy (non-hydrogen) atoms. The molecule has 1 fully saturated rings. The Morgan fingerprint density at radius 1 is 0.957 bits per heavy atom. The number of pyridine rings is 1. The third kappa shape index (κ3) is 2.29. The Balaban J connectivity index is 1.91. The van der Waals surface area contributed by atoms with Crippen LogP contribution < -0.4 is 16.4 Å². The van der Waals surface area contributed by atoms with Gasteiger partial charge in [0.05, 0.1) is 11.6 Å². The number of benzene rings is 1. The molecule has 3 aromatic rings. The number of rotatable bonds is 2. The van der Waals surface area contributed by atoms with E-state index in [2.05, 4.69) is 28.1 Å². The van der Waals surface area contributed by atoms with Crippen LogP contribution in [0.4, 0.5) is 17.3 Å². The van der Waals surface area contributed by atoms with Gasteiger partial charge < -0.3 is 20.8 Å². The van der Waals surface area contributed by atoms with Gasteiger partial charge in [-0.05, 0) is 25.3 Å². The second-order valence-electron chi connectivity index (χ2n) is 6.01. The molecule has 3 heterocycles. The smallest absolute Gasteiger partial charge is 0.214 e. The summed E-state index contributed by atoms with van der Waals surface area (Å²) >= 11 is 0. The molecule has 0 amide bonds. The highest BCUT2D eigenvalue weighted by Gasteiger charge is 2.19. The van der Waals surface area contributed by atoms with Crippen LogP contribution in [0.15, 0.2) is 41.1 Å². The maximum Gasteiger partial charge on any atom is 0.214 e. The number of nitrogen functional groups attached to an aromatic ring is 2. The van der Waals surface area contributed by atoms with Gasteiger partial charge in [0, 0.05) is 36.1 Å². The first-order valence-corrected chi connectivity index (χ1v) is 8.01. The van der Waals surface area contributed by atoms with Gasteiger partial charge in [-0.15, -0.1) is 0 Å². The summed E-state index contributed by atoms with van der Waals surface area (Å²) in [5.41, 5.74) is 16.4. The largest absolute Gasteiger partial charge is 0.437 e. The van der Waals surface area contributed by atoms with Gasteiger partial charge in [0.25, 0.3) is 0 Å². The van der Waals surface area contributed by atoms with Crippen LogP contribution in [-0.4, -0.2) is 18.1 Å². The predicted octanol–water partition coefficient (Wildman–Crippen LogP) is 3.65. The fourth-order valence-electron chi connectivity index (χ4n) is 3.41. The second kappa shape index (κ2) is 5.50. The minimum atomic E-state index is 0.254. The standard InChI is InChI=1S/C18H20N4O/c19-17-16-13(10-21-11-15(16)23-18(17)20)12-6-2-3-7-14(12)22-8-4-1-5-9-22/h2-3,6-7,10-11H,1,4-5,8-9,19-20H2. The lowest BCUT2D eigenvalue weighted by atomic mass is 9.99. The lowest BCUT2D eigenvalue weighted by molar-refractivity contribution is 0.578. The molecular formula is C18H20N4O. The van der Waals surface area contributed by atoms with E-state index >= 15 is 0 Å². The number of furan rings is 1. The van der Waals surface area contributed by atoms with Gasteiger partial charge in [0.2, 0.25) is 5.88 Å². The minimum Gasteiger partial charge on any atom is -0.437 e. The molecule has 0 radical (unpaired) electrons. The molecule has 0 unspecified atom stereocenters. The molecule has 0 aliphatic carbocycles. The highest BCUT2D eigenvalue weighted by molar-refractivity contribution is 6.06. The molecule has 5 nitrogen and oxygen atoms in total. The number of hydrogen-bond acceptors (Lipinski definition) is 5. The average molecular weight is 308 g/mol. The molecule has 1 aromatic carbocycles. The van der Waals surface area contributed by atoms with Gasteiger partial charge >= 0.3 is 0 Å². The van der Waals surface area contributed by atoms with Crippen molar-refractivity contribution < 1.29 is 4.42 Å². The molecule has 0 spiro atoms. The molecule has 2 aromatic heterocycles. The summed E-state index contributed by atoms with van der Waals surface area (Å²) in [5.74, 6) is 0.254. The number of piperidine rings is 1. The Kier molecular flexibility index (Phi) is 3.33. The third-order valence-corrected chi connectivity index (χ3v) is 4.56. The molecule has 1 aliphatic rings. The van der Waals surface area contributed by atoms with Crippen LogP contribution in [0.2, 0.25) is 0 Å². The number of aromatic nitrogens is 1. The Hall–Kier alpha value is -2.69. The van der Waals surface area contributed by atoms with Crippen molar-refractivity contribution >= 4 is 28.2 Å². The maximum atomic E-state index is 6.14. The van der Waals surface area contributed by atoms with E-state index < -0.39 is 0 Å². The first-order valence-electron chi connectivity index (χ1n) is 8.01. The summed E-state index contributed by atoms with van der Waals surface area (Å²) in [6, 6.07) is 8.40. The van der Waals surface area contributed by atoms with Crippen molar-refractivity contribution in [1.82, 2.24) is 4.98 Å². The Labute approximate surface area is 134 Å². The van der Waals surface area contributed by atoms with E-state index in [4.69, 9.17) is 15.9 Å². The third-order valence-electron chi connectivity index (χ3n) is 4.56. The molecule has 4 N–H and O–H groups in total. The van der Waals surface area contributed by atoms with E-state index in [1.54, 1.807) is 6.20 Å². The lowest BCUT2D eigenvalue weighted by Crippen LogP contribution is -2.29. The first-order chi connectivity index (χ1) is 11.3. The minimum absolute atomic E-state index is 0.254. The van der Waals surface area contributed by atoms with E-state index in [0.717, 1.165) is 29.6 Å². The van der Waals surface area contributed by atoms with Crippen LogP contribution in [0.25, 0.3) is 22.1 Å². The molecule has 0 bridgehead atoms. The zero-order valence-electron chi connectivity index (χ0n) is 13.0. The Morgan fingerprint density at radius 2 is 1.74 bits per heavy atom. The van der Waals surface area contributed by atoms with Crippen LogP contribution in [0.5, 0.6) is 0 Å². The molecule has 0 atom stereocenters. The van der Waals surface area contributed by atoms with Crippen molar-refractivity contribution in [2.45, 2.75) is 19.3 Å². The number of hydrogen-bond donors (Lipinski definition) is 2. The number of nitrogens with two attached hydrogens (primary N) is 2. The SMILES string of the molecule is Nc1oc2cncc(-c3ccccc3N3CCCCC3)c2c1N. The maximum absolute atomic E-state index is 6.14. The second-order valence-corrected chi connectivity index (χ2v) is 6.01. The monoisotopic (exact) mass is 308 g/mol. The number of nitrogens with zero attached hydrogens (tertiary/aromatic N) is 2. The van der Waals surface area contributed by atoms with E-state index in [0.29, 0.717) is 11.3 Å². The van der Waals surface area contributed by atoms with Gasteiger partial charge in [-0.25, -0.2) is 0 Å². The molecule has 118 valence electrons. The number of fused-ring (bicyclic) bond motifs is 1. The summed E-state index contributed by atoms with van der Waals surface area (Å²) in [5, 5.41) is 0.849. The molecule has 1 saturated heterocycles. The Morgan fingerprint density at radius 3 is 2.57 bits per heavy atom. The quantitative estimate of drug-likeness (QED) is 0.755. The molecule has 1 aliphatic heterocycles. The van der Waals surface area contributed by atoms with Crippen LogP contribution in [0.1, 0.15) is 19.3 Å². The van der Waals surface area contributed by atoms with Crippen molar-refractivity contribution in [2.24, 2.45) is 0 Å².